The van der Waals surface area contributed by atoms with Crippen LogP contribution in [0.2, 0.25) is 0 Å². The molecule has 2 N–H and O–H groups in total. The molecule has 7 heteroatoms. The van der Waals surface area contributed by atoms with E-state index in [0.29, 0.717) is 11.5 Å². The van der Waals surface area contributed by atoms with Crippen LogP contribution in [0.1, 0.15) is 22.8 Å². The highest BCUT2D eigenvalue weighted by Gasteiger charge is 2.22. The highest BCUT2D eigenvalue weighted by Crippen LogP contribution is 2.25. The Kier molecular flexibility index (Phi) is 7.67. The molecule has 0 spiro atoms. The van der Waals surface area contributed by atoms with Crippen LogP contribution >= 0.6 is 15.9 Å². The second-order valence-corrected chi connectivity index (χ2v) is 8.39. The van der Waals surface area contributed by atoms with Gasteiger partial charge in [-0.15, -0.1) is 0 Å². The first-order chi connectivity index (χ1) is 16.6. The number of hydrazone groups is 1. The third-order valence-electron chi connectivity index (χ3n) is 5.09. The number of halogens is 1. The average molecular weight is 516 g/mol. The van der Waals surface area contributed by atoms with Crippen molar-refractivity contribution in [2.24, 2.45) is 5.10 Å². The maximum atomic E-state index is 13.0. The van der Waals surface area contributed by atoms with Crippen LogP contribution in [0.15, 0.2) is 111 Å². The van der Waals surface area contributed by atoms with Gasteiger partial charge in [0.15, 0.2) is 0 Å². The highest BCUT2D eigenvalue weighted by molar-refractivity contribution is 9.10. The molecule has 1 aromatic heterocycles. The summed E-state index contributed by atoms with van der Waals surface area (Å²) in [6.07, 6.45) is 1.42. The lowest BCUT2D eigenvalue weighted by molar-refractivity contribution is -0.126. The Morgan fingerprint density at radius 2 is 1.47 bits per heavy atom. The van der Waals surface area contributed by atoms with E-state index in [1.807, 2.05) is 91.0 Å². The quantitative estimate of drug-likeness (QED) is 0.252. The van der Waals surface area contributed by atoms with Gasteiger partial charge in [-0.25, -0.2) is 5.43 Å². The van der Waals surface area contributed by atoms with Crippen molar-refractivity contribution < 1.29 is 14.0 Å². The van der Waals surface area contributed by atoms with E-state index in [1.54, 1.807) is 6.07 Å². The first kappa shape index (κ1) is 23.2. The van der Waals surface area contributed by atoms with Gasteiger partial charge in [0, 0.05) is 10.0 Å². The van der Waals surface area contributed by atoms with Crippen LogP contribution in [0.4, 0.5) is 0 Å². The van der Waals surface area contributed by atoms with Crippen molar-refractivity contribution in [3.8, 4) is 11.3 Å². The van der Waals surface area contributed by atoms with Crippen molar-refractivity contribution in [1.29, 1.82) is 0 Å². The Bertz CT molecular complexity index is 1230. The third-order valence-corrected chi connectivity index (χ3v) is 5.62. The van der Waals surface area contributed by atoms with E-state index < -0.39 is 11.8 Å². The normalized spacial score (nSPS) is 11.0. The number of carbonyl (C=O) groups excluding carboxylic acids is 2. The number of furan rings is 1. The van der Waals surface area contributed by atoms with Crippen molar-refractivity contribution in [2.45, 2.75) is 5.92 Å². The summed E-state index contributed by atoms with van der Waals surface area (Å²) in [6.45, 7) is -0.200. The lowest BCUT2D eigenvalue weighted by atomic mass is 9.90. The van der Waals surface area contributed by atoms with Crippen LogP contribution in [0.3, 0.4) is 0 Å². The highest BCUT2D eigenvalue weighted by atomic mass is 79.9. The Labute approximate surface area is 205 Å². The lowest BCUT2D eigenvalue weighted by Gasteiger charge is -2.17. The number of rotatable bonds is 8. The van der Waals surface area contributed by atoms with Crippen molar-refractivity contribution in [1.82, 2.24) is 10.7 Å². The van der Waals surface area contributed by atoms with E-state index in [4.69, 9.17) is 4.42 Å². The van der Waals surface area contributed by atoms with Crippen LogP contribution < -0.4 is 10.7 Å². The molecule has 6 nitrogen and oxygen atoms in total. The molecule has 0 radical (unpaired) electrons. The zero-order valence-corrected chi connectivity index (χ0v) is 19.7. The Hall–Kier alpha value is -3.97. The van der Waals surface area contributed by atoms with Crippen molar-refractivity contribution in [2.75, 3.05) is 6.54 Å². The molecule has 0 atom stereocenters. The molecule has 170 valence electrons. The fourth-order valence-electron chi connectivity index (χ4n) is 3.45. The molecule has 4 rings (SSSR count). The van der Waals surface area contributed by atoms with Gasteiger partial charge < -0.3 is 9.73 Å². The number of carbonyl (C=O) groups is 2. The number of nitrogens with zero attached hydrogens (tertiary/aromatic N) is 1. The Balaban J connectivity index is 1.33. The Morgan fingerprint density at radius 3 is 2.09 bits per heavy atom. The smallest absolute Gasteiger partial charge is 0.259 e. The van der Waals surface area contributed by atoms with Gasteiger partial charge in [0.25, 0.3) is 5.91 Å². The van der Waals surface area contributed by atoms with Crippen LogP contribution in [0, 0.1) is 0 Å². The molecule has 0 unspecified atom stereocenters. The maximum Gasteiger partial charge on any atom is 0.259 e. The fraction of sp³-hybridized carbons (Fsp3) is 0.0741. The summed E-state index contributed by atoms with van der Waals surface area (Å²) in [5, 5.41) is 6.63. The predicted molar refractivity (Wildman–Crippen MR) is 135 cm³/mol. The molecule has 0 fully saturated rings. The number of benzene rings is 3. The van der Waals surface area contributed by atoms with Gasteiger partial charge in [0.1, 0.15) is 11.5 Å². The summed E-state index contributed by atoms with van der Waals surface area (Å²) in [6, 6.07) is 30.3. The minimum Gasteiger partial charge on any atom is -0.455 e. The molecule has 1 heterocycles. The zero-order chi connectivity index (χ0) is 23.8. The first-order valence-electron chi connectivity index (χ1n) is 10.7. The number of hydrogen-bond donors (Lipinski definition) is 2. The van der Waals surface area contributed by atoms with Crippen LogP contribution in [-0.4, -0.2) is 24.6 Å². The van der Waals surface area contributed by atoms with Crippen molar-refractivity contribution in [3.05, 3.63) is 118 Å². The second-order valence-electron chi connectivity index (χ2n) is 7.47. The van der Waals surface area contributed by atoms with E-state index >= 15 is 0 Å². The molecule has 0 aliphatic carbocycles. The number of nitrogens with one attached hydrogen (secondary N) is 2. The van der Waals surface area contributed by atoms with E-state index in [0.717, 1.165) is 21.2 Å². The van der Waals surface area contributed by atoms with E-state index in [2.05, 4.69) is 31.8 Å². The summed E-state index contributed by atoms with van der Waals surface area (Å²) in [4.78, 5) is 25.2. The van der Waals surface area contributed by atoms with E-state index in [1.165, 1.54) is 6.21 Å². The van der Waals surface area contributed by atoms with Gasteiger partial charge in [-0.1, -0.05) is 88.7 Å². The third kappa shape index (κ3) is 6.08. The summed E-state index contributed by atoms with van der Waals surface area (Å²) >= 11 is 3.41. The molecule has 4 aromatic rings. The van der Waals surface area contributed by atoms with Gasteiger partial charge in [0.2, 0.25) is 5.91 Å². The number of hydrogen-bond acceptors (Lipinski definition) is 4. The largest absolute Gasteiger partial charge is 0.455 e. The molecule has 0 saturated heterocycles. The van der Waals surface area contributed by atoms with Gasteiger partial charge in [0.05, 0.1) is 18.7 Å². The summed E-state index contributed by atoms with van der Waals surface area (Å²) < 4.78 is 6.72. The number of amides is 2. The standard InChI is InChI=1S/C27H22BrN3O3/c28-22-13-11-19(12-14-22)24-16-15-23(34-24)17-30-31-25(32)18-29-27(33)26(20-7-3-1-4-8-20)21-9-5-2-6-10-21/h1-17,26H,18H2,(H,29,33)(H,31,32)/b30-17+. The van der Waals surface area contributed by atoms with Gasteiger partial charge >= 0.3 is 0 Å². The molecule has 0 aliphatic heterocycles. The van der Waals surface area contributed by atoms with E-state index in [9.17, 15) is 9.59 Å². The van der Waals surface area contributed by atoms with Crippen molar-refractivity contribution >= 4 is 34.0 Å². The molecular formula is C27H22BrN3O3. The molecule has 0 aliphatic rings. The topological polar surface area (TPSA) is 83.7 Å². The minimum atomic E-state index is -0.515. The van der Waals surface area contributed by atoms with Gasteiger partial charge in [-0.2, -0.15) is 5.10 Å². The molecule has 3 aromatic carbocycles. The predicted octanol–water partition coefficient (Wildman–Crippen LogP) is 5.11. The molecule has 2 amide bonds. The first-order valence-corrected chi connectivity index (χ1v) is 11.4. The summed E-state index contributed by atoms with van der Waals surface area (Å²) in [5.74, 6) is -0.0272. The maximum absolute atomic E-state index is 13.0. The van der Waals surface area contributed by atoms with Gasteiger partial charge in [-0.05, 0) is 35.4 Å². The average Bonchev–Trinajstić information content (AvgIpc) is 3.34. The minimum absolute atomic E-state index is 0.200. The van der Waals surface area contributed by atoms with Gasteiger partial charge in [-0.3, -0.25) is 9.59 Å². The second kappa shape index (κ2) is 11.2. The SMILES string of the molecule is O=C(CNC(=O)C(c1ccccc1)c1ccccc1)N/N=C/c1ccc(-c2ccc(Br)cc2)o1. The molecule has 34 heavy (non-hydrogen) atoms. The Morgan fingerprint density at radius 1 is 0.853 bits per heavy atom. The van der Waals surface area contributed by atoms with Crippen molar-refractivity contribution in [3.63, 3.8) is 0 Å². The molecule has 0 saturated carbocycles. The van der Waals surface area contributed by atoms with E-state index in [-0.39, 0.29) is 12.5 Å². The molecule has 0 bridgehead atoms. The molecular weight excluding hydrogens is 494 g/mol. The monoisotopic (exact) mass is 515 g/mol. The fourth-order valence-corrected chi connectivity index (χ4v) is 3.72. The van der Waals surface area contributed by atoms with Crippen LogP contribution in [-0.2, 0) is 9.59 Å². The zero-order valence-electron chi connectivity index (χ0n) is 18.1. The lowest BCUT2D eigenvalue weighted by Crippen LogP contribution is -2.37. The van der Waals surface area contributed by atoms with Crippen LogP contribution in [0.5, 0.6) is 0 Å². The van der Waals surface area contributed by atoms with Crippen LogP contribution in [0.25, 0.3) is 11.3 Å². The summed E-state index contributed by atoms with van der Waals surface area (Å²) in [5.41, 5.74) is 5.04. The summed E-state index contributed by atoms with van der Waals surface area (Å²) in [7, 11) is 0.